The third kappa shape index (κ3) is 4.34. The molecule has 0 aliphatic carbocycles. The van der Waals surface area contributed by atoms with E-state index in [-0.39, 0.29) is 11.9 Å². The summed E-state index contributed by atoms with van der Waals surface area (Å²) < 4.78 is 13.0. The van der Waals surface area contributed by atoms with Crippen molar-refractivity contribution in [2.75, 3.05) is 32.8 Å². The van der Waals surface area contributed by atoms with Gasteiger partial charge in [-0.05, 0) is 31.5 Å². The van der Waals surface area contributed by atoms with Crippen molar-refractivity contribution in [1.82, 2.24) is 20.0 Å². The van der Waals surface area contributed by atoms with Gasteiger partial charge in [0.2, 0.25) is 0 Å². The largest absolute Gasteiger partial charge is 0.465 e. The van der Waals surface area contributed by atoms with E-state index >= 15 is 0 Å². The van der Waals surface area contributed by atoms with Crippen molar-refractivity contribution in [2.24, 2.45) is 7.05 Å². The highest BCUT2D eigenvalue weighted by Crippen LogP contribution is 2.23. The molecule has 1 saturated heterocycles. The number of hydrogen-bond acceptors (Lipinski definition) is 5. The average Bonchev–Trinajstić information content (AvgIpc) is 3.22. The predicted octanol–water partition coefficient (Wildman–Crippen LogP) is 2.08. The minimum atomic E-state index is -0.108. The maximum atomic E-state index is 12.7. The van der Waals surface area contributed by atoms with Crippen molar-refractivity contribution in [3.05, 3.63) is 41.1 Å². The van der Waals surface area contributed by atoms with Crippen molar-refractivity contribution in [1.29, 1.82) is 0 Å². The lowest BCUT2D eigenvalue weighted by molar-refractivity contribution is 0.0116. The molecule has 3 rings (SSSR count). The zero-order valence-corrected chi connectivity index (χ0v) is 15.8. The van der Waals surface area contributed by atoms with Gasteiger partial charge in [0, 0.05) is 26.7 Å². The van der Waals surface area contributed by atoms with E-state index in [4.69, 9.17) is 9.15 Å². The summed E-state index contributed by atoms with van der Waals surface area (Å²) in [5.74, 6) is 1.64. The Morgan fingerprint density at radius 1 is 1.35 bits per heavy atom. The quantitative estimate of drug-likeness (QED) is 0.818. The van der Waals surface area contributed by atoms with Gasteiger partial charge in [-0.2, -0.15) is 5.10 Å². The molecular formula is C19H28N4O3. The number of ether oxygens (including phenoxy) is 1. The molecule has 1 aliphatic heterocycles. The molecule has 0 bridgehead atoms. The molecule has 0 radical (unpaired) electrons. The number of morpholine rings is 1. The van der Waals surface area contributed by atoms with Gasteiger partial charge in [-0.1, -0.05) is 13.3 Å². The minimum absolute atomic E-state index is 0.000102. The maximum absolute atomic E-state index is 12.7. The number of carbonyl (C=O) groups is 1. The van der Waals surface area contributed by atoms with Crippen molar-refractivity contribution >= 4 is 5.91 Å². The van der Waals surface area contributed by atoms with E-state index in [1.807, 2.05) is 32.2 Å². The van der Waals surface area contributed by atoms with Crippen LogP contribution in [-0.4, -0.2) is 53.4 Å². The molecule has 26 heavy (non-hydrogen) atoms. The second-order valence-electron chi connectivity index (χ2n) is 6.72. The standard InChI is InChI=1S/C19H28N4O3/c1-4-5-15-12-16(22(3)21-15)19(24)20-13-17(18-7-6-14(2)26-18)23-8-10-25-11-9-23/h6-7,12,17H,4-5,8-11,13H2,1-3H3,(H,20,24)/t17-/m1/s1. The molecular weight excluding hydrogens is 332 g/mol. The first-order chi connectivity index (χ1) is 12.6. The van der Waals surface area contributed by atoms with Gasteiger partial charge in [0.05, 0.1) is 24.9 Å². The van der Waals surface area contributed by atoms with E-state index < -0.39 is 0 Å². The molecule has 1 atom stereocenters. The summed E-state index contributed by atoms with van der Waals surface area (Å²) in [6, 6.07) is 5.83. The van der Waals surface area contributed by atoms with E-state index in [9.17, 15) is 4.79 Å². The number of aryl methyl sites for hydroxylation is 3. The van der Waals surface area contributed by atoms with Crippen LogP contribution in [0, 0.1) is 6.92 Å². The fourth-order valence-corrected chi connectivity index (χ4v) is 3.33. The summed E-state index contributed by atoms with van der Waals surface area (Å²) in [7, 11) is 1.81. The molecule has 1 N–H and O–H groups in total. The predicted molar refractivity (Wildman–Crippen MR) is 98.1 cm³/mol. The number of aromatic nitrogens is 2. The van der Waals surface area contributed by atoms with Crippen LogP contribution in [0.3, 0.4) is 0 Å². The number of rotatable bonds is 7. The number of carbonyl (C=O) groups excluding carboxylic acids is 1. The van der Waals surface area contributed by atoms with Gasteiger partial charge < -0.3 is 14.5 Å². The summed E-state index contributed by atoms with van der Waals surface area (Å²) >= 11 is 0. The molecule has 0 aromatic carbocycles. The fourth-order valence-electron chi connectivity index (χ4n) is 3.33. The van der Waals surface area contributed by atoms with E-state index in [0.717, 1.165) is 43.1 Å². The van der Waals surface area contributed by atoms with Crippen LogP contribution in [0.4, 0.5) is 0 Å². The molecule has 142 valence electrons. The summed E-state index contributed by atoms with van der Waals surface area (Å²) in [6.45, 7) is 7.58. The first-order valence-corrected chi connectivity index (χ1v) is 9.27. The average molecular weight is 360 g/mol. The van der Waals surface area contributed by atoms with Crippen LogP contribution >= 0.6 is 0 Å². The Bertz CT molecular complexity index is 731. The van der Waals surface area contributed by atoms with E-state index in [1.165, 1.54) is 0 Å². The van der Waals surface area contributed by atoms with Gasteiger partial charge in [-0.3, -0.25) is 14.4 Å². The molecule has 0 unspecified atom stereocenters. The van der Waals surface area contributed by atoms with Crippen molar-refractivity contribution < 1.29 is 13.9 Å². The van der Waals surface area contributed by atoms with Gasteiger partial charge in [-0.15, -0.1) is 0 Å². The van der Waals surface area contributed by atoms with Crippen LogP contribution in [0.25, 0.3) is 0 Å². The maximum Gasteiger partial charge on any atom is 0.269 e. The highest BCUT2D eigenvalue weighted by molar-refractivity contribution is 5.92. The van der Waals surface area contributed by atoms with Gasteiger partial charge in [-0.25, -0.2) is 0 Å². The van der Waals surface area contributed by atoms with Crippen LogP contribution in [0.2, 0.25) is 0 Å². The van der Waals surface area contributed by atoms with Crippen molar-refractivity contribution in [2.45, 2.75) is 32.7 Å². The number of amides is 1. The lowest BCUT2D eigenvalue weighted by atomic mass is 10.1. The SMILES string of the molecule is CCCc1cc(C(=O)NC[C@H](c2ccc(C)o2)N2CCOCC2)n(C)n1. The van der Waals surface area contributed by atoms with Gasteiger partial charge in [0.25, 0.3) is 5.91 Å². The first-order valence-electron chi connectivity index (χ1n) is 9.27. The molecule has 0 spiro atoms. The normalized spacial score (nSPS) is 16.6. The number of furan rings is 1. The van der Waals surface area contributed by atoms with Crippen LogP contribution in [-0.2, 0) is 18.2 Å². The Kier molecular flexibility index (Phi) is 6.11. The van der Waals surface area contributed by atoms with Gasteiger partial charge in [0.15, 0.2) is 0 Å². The van der Waals surface area contributed by atoms with Crippen LogP contribution < -0.4 is 5.32 Å². The summed E-state index contributed by atoms with van der Waals surface area (Å²) in [5.41, 5.74) is 1.54. The molecule has 0 saturated carbocycles. The van der Waals surface area contributed by atoms with Gasteiger partial charge in [0.1, 0.15) is 17.2 Å². The number of nitrogens with zero attached hydrogens (tertiary/aromatic N) is 3. The van der Waals surface area contributed by atoms with Crippen LogP contribution in [0.5, 0.6) is 0 Å². The summed E-state index contributed by atoms with van der Waals surface area (Å²) in [4.78, 5) is 15.0. The zero-order valence-electron chi connectivity index (χ0n) is 15.8. The third-order valence-electron chi connectivity index (χ3n) is 4.70. The summed E-state index contributed by atoms with van der Waals surface area (Å²) in [6.07, 6.45) is 1.89. The summed E-state index contributed by atoms with van der Waals surface area (Å²) in [5, 5.41) is 7.47. The highest BCUT2D eigenvalue weighted by Gasteiger charge is 2.26. The second-order valence-corrected chi connectivity index (χ2v) is 6.72. The molecule has 2 aromatic heterocycles. The van der Waals surface area contributed by atoms with Gasteiger partial charge >= 0.3 is 0 Å². The number of hydrogen-bond donors (Lipinski definition) is 1. The third-order valence-corrected chi connectivity index (χ3v) is 4.70. The smallest absolute Gasteiger partial charge is 0.269 e. The highest BCUT2D eigenvalue weighted by atomic mass is 16.5. The lowest BCUT2D eigenvalue weighted by Gasteiger charge is -2.33. The lowest BCUT2D eigenvalue weighted by Crippen LogP contribution is -2.43. The van der Waals surface area contributed by atoms with E-state index in [0.29, 0.717) is 25.5 Å². The molecule has 7 nitrogen and oxygen atoms in total. The minimum Gasteiger partial charge on any atom is -0.465 e. The topological polar surface area (TPSA) is 72.5 Å². The molecule has 1 fully saturated rings. The Morgan fingerprint density at radius 2 is 2.12 bits per heavy atom. The number of nitrogens with one attached hydrogen (secondary N) is 1. The Balaban J connectivity index is 1.69. The Labute approximate surface area is 154 Å². The van der Waals surface area contributed by atoms with E-state index in [1.54, 1.807) is 4.68 Å². The first kappa shape index (κ1) is 18.7. The molecule has 7 heteroatoms. The van der Waals surface area contributed by atoms with E-state index in [2.05, 4.69) is 22.2 Å². The second kappa shape index (κ2) is 8.51. The molecule has 1 aliphatic rings. The molecule has 1 amide bonds. The van der Waals surface area contributed by atoms with Crippen molar-refractivity contribution in [3.8, 4) is 0 Å². The fraction of sp³-hybridized carbons (Fsp3) is 0.579. The molecule has 3 heterocycles. The van der Waals surface area contributed by atoms with Crippen LogP contribution in [0.15, 0.2) is 22.6 Å². The Morgan fingerprint density at radius 3 is 2.77 bits per heavy atom. The monoisotopic (exact) mass is 360 g/mol. The van der Waals surface area contributed by atoms with Crippen LogP contribution in [0.1, 0.15) is 47.1 Å². The zero-order chi connectivity index (χ0) is 18.5. The molecule has 2 aromatic rings. The van der Waals surface area contributed by atoms with Crippen molar-refractivity contribution in [3.63, 3.8) is 0 Å². The Hall–Kier alpha value is -2.12.